The van der Waals surface area contributed by atoms with Crippen LogP contribution in [0.4, 0.5) is 10.5 Å². The van der Waals surface area contributed by atoms with Crippen LogP contribution in [0.5, 0.6) is 0 Å². The maximum absolute atomic E-state index is 11.7. The maximum Gasteiger partial charge on any atom is 0.325 e. The molecule has 1 aliphatic rings. The number of carbonyl (C=O) groups is 3. The summed E-state index contributed by atoms with van der Waals surface area (Å²) in [5, 5.41) is 13.6. The summed E-state index contributed by atoms with van der Waals surface area (Å²) in [7, 11) is 0. The standard InChI is InChI=1S/C12H10N4O3/c13-5-8-2-1-3-9(4-8)15-10(17)7-16-11(18)6-14-12(16)19/h1-4H,6-7H2,(H,14,19)(H,15,17). The first-order valence-corrected chi connectivity index (χ1v) is 5.48. The number of rotatable bonds is 3. The first-order chi connectivity index (χ1) is 9.10. The lowest BCUT2D eigenvalue weighted by Gasteiger charge is -2.12. The van der Waals surface area contributed by atoms with Crippen molar-refractivity contribution < 1.29 is 14.4 Å². The second-order valence-electron chi connectivity index (χ2n) is 3.88. The highest BCUT2D eigenvalue weighted by Crippen LogP contribution is 2.10. The Labute approximate surface area is 108 Å². The zero-order valence-corrected chi connectivity index (χ0v) is 9.84. The SMILES string of the molecule is N#Cc1cccc(NC(=O)CN2C(=O)CNC2=O)c1. The second kappa shape index (κ2) is 5.18. The number of amides is 4. The van der Waals surface area contributed by atoms with E-state index in [-0.39, 0.29) is 13.1 Å². The summed E-state index contributed by atoms with van der Waals surface area (Å²) >= 11 is 0. The van der Waals surface area contributed by atoms with Gasteiger partial charge in [0.1, 0.15) is 6.54 Å². The molecule has 19 heavy (non-hydrogen) atoms. The predicted octanol–water partition coefficient (Wildman–Crippen LogP) is 0.0486. The molecule has 4 amide bonds. The van der Waals surface area contributed by atoms with Crippen LogP contribution in [0.3, 0.4) is 0 Å². The molecule has 1 heterocycles. The third-order valence-electron chi connectivity index (χ3n) is 2.51. The minimum atomic E-state index is -0.578. The van der Waals surface area contributed by atoms with Crippen LogP contribution in [0.25, 0.3) is 0 Å². The van der Waals surface area contributed by atoms with Crippen molar-refractivity contribution in [1.82, 2.24) is 10.2 Å². The molecule has 7 heteroatoms. The third-order valence-corrected chi connectivity index (χ3v) is 2.51. The van der Waals surface area contributed by atoms with E-state index in [4.69, 9.17) is 5.26 Å². The fourth-order valence-corrected chi connectivity index (χ4v) is 1.63. The maximum atomic E-state index is 11.7. The molecule has 0 unspecified atom stereocenters. The Balaban J connectivity index is 1.99. The Hall–Kier alpha value is -2.88. The van der Waals surface area contributed by atoms with E-state index in [1.54, 1.807) is 18.2 Å². The van der Waals surface area contributed by atoms with E-state index in [0.29, 0.717) is 11.3 Å². The molecule has 0 atom stereocenters. The lowest BCUT2D eigenvalue weighted by Crippen LogP contribution is -2.38. The van der Waals surface area contributed by atoms with Crippen molar-refractivity contribution in [3.63, 3.8) is 0 Å². The summed E-state index contributed by atoms with van der Waals surface area (Å²) in [5.74, 6) is -0.939. The number of nitriles is 1. The molecule has 2 N–H and O–H groups in total. The van der Waals surface area contributed by atoms with Gasteiger partial charge in [0.15, 0.2) is 0 Å². The van der Waals surface area contributed by atoms with Crippen LogP contribution in [0.2, 0.25) is 0 Å². The zero-order valence-electron chi connectivity index (χ0n) is 9.84. The highest BCUT2D eigenvalue weighted by molar-refractivity contribution is 6.06. The summed E-state index contributed by atoms with van der Waals surface area (Å²) in [6, 6.07) is 7.72. The Morgan fingerprint density at radius 2 is 2.26 bits per heavy atom. The number of carbonyl (C=O) groups excluding carboxylic acids is 3. The zero-order chi connectivity index (χ0) is 13.8. The average molecular weight is 258 g/mol. The molecular formula is C12H10N4O3. The Morgan fingerprint density at radius 1 is 1.47 bits per heavy atom. The molecule has 1 aromatic rings. The summed E-state index contributed by atoms with van der Waals surface area (Å²) in [4.78, 5) is 35.1. The molecule has 0 saturated carbocycles. The number of hydrogen-bond donors (Lipinski definition) is 2. The molecule has 2 rings (SSSR count). The van der Waals surface area contributed by atoms with E-state index in [0.717, 1.165) is 4.90 Å². The van der Waals surface area contributed by atoms with E-state index >= 15 is 0 Å². The van der Waals surface area contributed by atoms with Gasteiger partial charge in [-0.15, -0.1) is 0 Å². The number of imide groups is 1. The van der Waals surface area contributed by atoms with Gasteiger partial charge >= 0.3 is 6.03 Å². The minimum Gasteiger partial charge on any atom is -0.329 e. The molecule has 0 radical (unpaired) electrons. The van der Waals surface area contributed by atoms with E-state index < -0.39 is 17.8 Å². The van der Waals surface area contributed by atoms with E-state index in [9.17, 15) is 14.4 Å². The van der Waals surface area contributed by atoms with Gasteiger partial charge in [0.2, 0.25) is 5.91 Å². The van der Waals surface area contributed by atoms with Crippen molar-refractivity contribution in [2.75, 3.05) is 18.4 Å². The molecule has 96 valence electrons. The molecule has 1 aliphatic heterocycles. The molecule has 1 aromatic carbocycles. The quantitative estimate of drug-likeness (QED) is 0.747. The average Bonchev–Trinajstić information content (AvgIpc) is 2.71. The van der Waals surface area contributed by atoms with Gasteiger partial charge < -0.3 is 10.6 Å². The molecule has 7 nitrogen and oxygen atoms in total. The topological polar surface area (TPSA) is 102 Å². The van der Waals surface area contributed by atoms with Crippen molar-refractivity contribution in [2.24, 2.45) is 0 Å². The Kier molecular flexibility index (Phi) is 3.43. The molecule has 0 aliphatic carbocycles. The first kappa shape index (κ1) is 12.6. The number of hydrogen-bond acceptors (Lipinski definition) is 4. The largest absolute Gasteiger partial charge is 0.329 e. The Bertz CT molecular complexity index is 575. The van der Waals surface area contributed by atoms with Gasteiger partial charge in [0.05, 0.1) is 18.2 Å². The van der Waals surface area contributed by atoms with Crippen LogP contribution in [-0.2, 0) is 9.59 Å². The molecule has 1 saturated heterocycles. The smallest absolute Gasteiger partial charge is 0.325 e. The molecule has 0 bridgehead atoms. The van der Waals surface area contributed by atoms with Crippen LogP contribution >= 0.6 is 0 Å². The van der Waals surface area contributed by atoms with Crippen molar-refractivity contribution in [3.8, 4) is 6.07 Å². The number of anilines is 1. The molecular weight excluding hydrogens is 248 g/mol. The lowest BCUT2D eigenvalue weighted by molar-refractivity contribution is -0.128. The lowest BCUT2D eigenvalue weighted by atomic mass is 10.2. The highest BCUT2D eigenvalue weighted by Gasteiger charge is 2.30. The Morgan fingerprint density at radius 3 is 2.89 bits per heavy atom. The van der Waals surface area contributed by atoms with Crippen molar-refractivity contribution in [2.45, 2.75) is 0 Å². The fourth-order valence-electron chi connectivity index (χ4n) is 1.63. The molecule has 0 aromatic heterocycles. The monoisotopic (exact) mass is 258 g/mol. The number of nitrogens with zero attached hydrogens (tertiary/aromatic N) is 2. The van der Waals surface area contributed by atoms with Gasteiger partial charge in [-0.1, -0.05) is 6.07 Å². The van der Waals surface area contributed by atoms with E-state index in [1.165, 1.54) is 6.07 Å². The van der Waals surface area contributed by atoms with Crippen LogP contribution in [0.1, 0.15) is 5.56 Å². The molecule has 0 spiro atoms. The van der Waals surface area contributed by atoms with Crippen LogP contribution in [0, 0.1) is 11.3 Å². The van der Waals surface area contributed by atoms with E-state index in [2.05, 4.69) is 10.6 Å². The van der Waals surface area contributed by atoms with Gasteiger partial charge in [0.25, 0.3) is 5.91 Å². The van der Waals surface area contributed by atoms with Crippen molar-refractivity contribution in [1.29, 1.82) is 5.26 Å². The normalized spacial score (nSPS) is 13.9. The first-order valence-electron chi connectivity index (χ1n) is 5.48. The summed E-state index contributed by atoms with van der Waals surface area (Å²) in [5.41, 5.74) is 0.851. The highest BCUT2D eigenvalue weighted by atomic mass is 16.2. The third kappa shape index (κ3) is 2.87. The van der Waals surface area contributed by atoms with Crippen LogP contribution in [-0.4, -0.2) is 35.8 Å². The van der Waals surface area contributed by atoms with Gasteiger partial charge in [-0.3, -0.25) is 14.5 Å². The number of urea groups is 1. The number of benzene rings is 1. The van der Waals surface area contributed by atoms with Crippen LogP contribution < -0.4 is 10.6 Å². The van der Waals surface area contributed by atoms with Crippen molar-refractivity contribution in [3.05, 3.63) is 29.8 Å². The fraction of sp³-hybridized carbons (Fsp3) is 0.167. The number of nitrogens with one attached hydrogen (secondary N) is 2. The summed E-state index contributed by atoms with van der Waals surface area (Å²) in [6.07, 6.45) is 0. The minimum absolute atomic E-state index is 0.0873. The summed E-state index contributed by atoms with van der Waals surface area (Å²) in [6.45, 7) is -0.433. The van der Waals surface area contributed by atoms with Gasteiger partial charge in [-0.25, -0.2) is 4.79 Å². The summed E-state index contributed by atoms with van der Waals surface area (Å²) < 4.78 is 0. The van der Waals surface area contributed by atoms with Gasteiger partial charge in [-0.2, -0.15) is 5.26 Å². The second-order valence-corrected chi connectivity index (χ2v) is 3.88. The van der Waals surface area contributed by atoms with E-state index in [1.807, 2.05) is 6.07 Å². The molecule has 1 fully saturated rings. The predicted molar refractivity (Wildman–Crippen MR) is 64.9 cm³/mol. The van der Waals surface area contributed by atoms with Gasteiger partial charge in [-0.05, 0) is 18.2 Å². The van der Waals surface area contributed by atoms with Gasteiger partial charge in [0, 0.05) is 5.69 Å². The van der Waals surface area contributed by atoms with Crippen LogP contribution in [0.15, 0.2) is 24.3 Å². The van der Waals surface area contributed by atoms with Crippen molar-refractivity contribution >= 4 is 23.5 Å².